The molecule has 0 saturated heterocycles. The number of carbonyl (C=O) groups is 3. The van der Waals surface area contributed by atoms with E-state index in [1.807, 2.05) is 36.4 Å². The fraction of sp³-hybridized carbons (Fsp3) is 0.207. The lowest BCUT2D eigenvalue weighted by Gasteiger charge is -2.27. The Morgan fingerprint density at radius 2 is 1.87 bits per heavy atom. The number of imide groups is 1. The maximum absolute atomic E-state index is 14.5. The number of amides is 2. The van der Waals surface area contributed by atoms with Gasteiger partial charge in [0.15, 0.2) is 0 Å². The summed E-state index contributed by atoms with van der Waals surface area (Å²) in [6, 6.07) is 16.0. The number of hydrogen-bond acceptors (Lipinski definition) is 6. The summed E-state index contributed by atoms with van der Waals surface area (Å²) < 4.78 is 21.0. The van der Waals surface area contributed by atoms with E-state index >= 15 is 0 Å². The first-order valence-electron chi connectivity index (χ1n) is 12.0. The van der Waals surface area contributed by atoms with Gasteiger partial charge in [-0.05, 0) is 55.7 Å². The Bertz CT molecular complexity index is 1530. The predicted molar refractivity (Wildman–Crippen MR) is 138 cm³/mol. The van der Waals surface area contributed by atoms with Gasteiger partial charge in [0.25, 0.3) is 11.8 Å². The van der Waals surface area contributed by atoms with E-state index in [1.165, 1.54) is 13.0 Å². The van der Waals surface area contributed by atoms with E-state index in [2.05, 4.69) is 5.10 Å². The topological polar surface area (TPSA) is 105 Å². The average molecular weight is 513 g/mol. The smallest absolute Gasteiger partial charge is 0.302 e. The van der Waals surface area contributed by atoms with Gasteiger partial charge in [-0.3, -0.25) is 19.3 Å². The Labute approximate surface area is 219 Å². The molecule has 8 nitrogen and oxygen atoms in total. The number of nitrogens with zero attached hydrogens (tertiary/aromatic N) is 4. The van der Waals surface area contributed by atoms with Crippen LogP contribution in [0.5, 0.6) is 0 Å². The van der Waals surface area contributed by atoms with E-state index in [1.54, 1.807) is 42.9 Å². The van der Waals surface area contributed by atoms with Crippen LogP contribution < -0.4 is 0 Å². The molecule has 1 aliphatic heterocycles. The van der Waals surface area contributed by atoms with Crippen molar-refractivity contribution in [1.82, 2.24) is 14.7 Å². The lowest BCUT2D eigenvalue weighted by Crippen LogP contribution is -2.43. The molecule has 0 atom stereocenters. The van der Waals surface area contributed by atoms with Crippen molar-refractivity contribution in [3.63, 3.8) is 0 Å². The molecule has 2 aromatic carbocycles. The summed E-state index contributed by atoms with van der Waals surface area (Å²) in [4.78, 5) is 38.4. The number of benzene rings is 2. The van der Waals surface area contributed by atoms with Gasteiger partial charge in [-0.15, -0.1) is 0 Å². The number of hydrogen-bond donors (Lipinski definition) is 0. The van der Waals surface area contributed by atoms with Crippen molar-refractivity contribution in [2.24, 2.45) is 0 Å². The minimum absolute atomic E-state index is 0.0277. The number of para-hydroxylation sites is 1. The van der Waals surface area contributed by atoms with E-state index in [0.717, 1.165) is 10.6 Å². The van der Waals surface area contributed by atoms with Crippen molar-refractivity contribution in [2.75, 3.05) is 13.2 Å². The molecule has 4 rings (SSSR count). The van der Waals surface area contributed by atoms with Crippen molar-refractivity contribution in [1.29, 1.82) is 5.26 Å². The molecule has 0 aliphatic carbocycles. The van der Waals surface area contributed by atoms with Gasteiger partial charge in [-0.2, -0.15) is 10.4 Å². The molecule has 3 aromatic rings. The van der Waals surface area contributed by atoms with Crippen LogP contribution in [-0.4, -0.2) is 45.6 Å². The van der Waals surface area contributed by atoms with Crippen molar-refractivity contribution in [2.45, 2.75) is 27.2 Å². The van der Waals surface area contributed by atoms with Crippen LogP contribution in [0.1, 0.15) is 31.4 Å². The largest absolute Gasteiger partial charge is 0.466 e. The highest BCUT2D eigenvalue weighted by Crippen LogP contribution is 2.31. The first kappa shape index (κ1) is 26.2. The maximum Gasteiger partial charge on any atom is 0.302 e. The van der Waals surface area contributed by atoms with E-state index in [0.29, 0.717) is 22.4 Å². The fourth-order valence-electron chi connectivity index (χ4n) is 4.10. The van der Waals surface area contributed by atoms with Crippen LogP contribution in [0.25, 0.3) is 23.0 Å². The molecule has 38 heavy (non-hydrogen) atoms. The molecular formula is C29H25FN4O4. The summed E-state index contributed by atoms with van der Waals surface area (Å²) in [5, 5.41) is 14.4. The zero-order chi connectivity index (χ0) is 27.4. The summed E-state index contributed by atoms with van der Waals surface area (Å²) in [5.74, 6) is -2.14. The van der Waals surface area contributed by atoms with Crippen molar-refractivity contribution in [3.8, 4) is 23.0 Å². The summed E-state index contributed by atoms with van der Waals surface area (Å²) in [6.45, 7) is 4.48. The number of carbonyl (C=O) groups excluding carboxylic acids is 3. The van der Waals surface area contributed by atoms with Gasteiger partial charge < -0.3 is 4.74 Å². The van der Waals surface area contributed by atoms with Crippen LogP contribution in [0.2, 0.25) is 0 Å². The molecule has 0 fully saturated rings. The average Bonchev–Trinajstić information content (AvgIpc) is 3.32. The second-order valence-corrected chi connectivity index (χ2v) is 8.80. The molecule has 1 aromatic heterocycles. The van der Waals surface area contributed by atoms with Gasteiger partial charge in [0.05, 0.1) is 12.3 Å². The van der Waals surface area contributed by atoms with Crippen LogP contribution in [-0.2, 0) is 19.1 Å². The van der Waals surface area contributed by atoms with Crippen molar-refractivity contribution >= 4 is 23.9 Å². The zero-order valence-electron chi connectivity index (χ0n) is 21.2. The van der Waals surface area contributed by atoms with Crippen LogP contribution in [0.15, 0.2) is 71.4 Å². The minimum atomic E-state index is -0.698. The third-order valence-corrected chi connectivity index (χ3v) is 6.17. The van der Waals surface area contributed by atoms with E-state index in [4.69, 9.17) is 4.74 Å². The number of halogens is 1. The Morgan fingerprint density at radius 1 is 1.13 bits per heavy atom. The van der Waals surface area contributed by atoms with Gasteiger partial charge in [-0.25, -0.2) is 9.07 Å². The first-order valence-corrected chi connectivity index (χ1v) is 12.0. The van der Waals surface area contributed by atoms with E-state index in [-0.39, 0.29) is 36.3 Å². The number of esters is 1. The molecule has 0 spiro atoms. The third-order valence-electron chi connectivity index (χ3n) is 6.17. The lowest BCUT2D eigenvalue weighted by atomic mass is 9.93. The molecule has 2 amide bonds. The summed E-state index contributed by atoms with van der Waals surface area (Å²) in [7, 11) is 0. The molecule has 0 unspecified atom stereocenters. The summed E-state index contributed by atoms with van der Waals surface area (Å²) in [6.07, 6.45) is 3.51. The molecule has 0 N–H and O–H groups in total. The molecule has 0 saturated carbocycles. The fourth-order valence-corrected chi connectivity index (χ4v) is 4.10. The monoisotopic (exact) mass is 512 g/mol. The number of aromatic nitrogens is 2. The highest BCUT2D eigenvalue weighted by Gasteiger charge is 2.35. The molecule has 2 heterocycles. The Hall–Kier alpha value is -4.84. The van der Waals surface area contributed by atoms with Gasteiger partial charge >= 0.3 is 5.97 Å². The second kappa shape index (κ2) is 11.0. The van der Waals surface area contributed by atoms with Crippen molar-refractivity contribution < 1.29 is 23.5 Å². The maximum atomic E-state index is 14.5. The Balaban J connectivity index is 1.82. The highest BCUT2D eigenvalue weighted by atomic mass is 19.1. The Kier molecular flexibility index (Phi) is 7.63. The van der Waals surface area contributed by atoms with Crippen LogP contribution in [0.4, 0.5) is 4.39 Å². The highest BCUT2D eigenvalue weighted by molar-refractivity contribution is 6.19. The quantitative estimate of drug-likeness (QED) is 0.199. The zero-order valence-corrected chi connectivity index (χ0v) is 21.2. The van der Waals surface area contributed by atoms with Gasteiger partial charge in [0, 0.05) is 36.4 Å². The second-order valence-electron chi connectivity index (χ2n) is 8.80. The first-order chi connectivity index (χ1) is 18.2. The van der Waals surface area contributed by atoms with Crippen LogP contribution in [0.3, 0.4) is 0 Å². The normalized spacial score (nSPS) is 14.7. The lowest BCUT2D eigenvalue weighted by molar-refractivity contribution is -0.141. The Morgan fingerprint density at radius 3 is 2.53 bits per heavy atom. The molecule has 0 bridgehead atoms. The molecule has 1 aliphatic rings. The predicted octanol–water partition coefficient (Wildman–Crippen LogP) is 4.53. The minimum Gasteiger partial charge on any atom is -0.466 e. The third kappa shape index (κ3) is 5.30. The number of nitriles is 1. The number of aryl methyl sites for hydroxylation is 1. The molecule has 9 heteroatoms. The van der Waals surface area contributed by atoms with Gasteiger partial charge in [-0.1, -0.05) is 30.3 Å². The number of rotatable bonds is 7. The van der Waals surface area contributed by atoms with E-state index in [9.17, 15) is 24.0 Å². The molecule has 0 radical (unpaired) electrons. The van der Waals surface area contributed by atoms with Gasteiger partial charge in [0.2, 0.25) is 0 Å². The van der Waals surface area contributed by atoms with Gasteiger partial charge in [0.1, 0.15) is 23.2 Å². The standard InChI is InChI=1S/C29H25FN4O4/c1-18-10-11-21(15-26(18)30)27-22(17-34(32-27)23-8-5-4-6-9-23)14-24-19(2)25(16-31)29(37)33(28(24)36)12-7-13-38-20(3)35/h4-6,8-11,14-15,17H,7,12-13H2,1-3H3/b24-14+. The van der Waals surface area contributed by atoms with Crippen LogP contribution in [0, 0.1) is 24.1 Å². The van der Waals surface area contributed by atoms with E-state index < -0.39 is 23.6 Å². The number of ether oxygens (including phenoxy) is 1. The van der Waals surface area contributed by atoms with Crippen LogP contribution >= 0.6 is 0 Å². The summed E-state index contributed by atoms with van der Waals surface area (Å²) in [5.41, 5.74) is 2.93. The summed E-state index contributed by atoms with van der Waals surface area (Å²) >= 11 is 0. The van der Waals surface area contributed by atoms with Crippen molar-refractivity contribution in [3.05, 3.63) is 88.4 Å². The molecular weight excluding hydrogens is 487 g/mol. The SMILES string of the molecule is CC(=O)OCCCN1C(=O)C(C#N)=C(C)/C(=C\c2cn(-c3ccccc3)nc2-c2ccc(C)c(F)c2)C1=O. The molecule has 192 valence electrons.